The van der Waals surface area contributed by atoms with Crippen LogP contribution in [0.1, 0.15) is 25.7 Å². The summed E-state index contributed by atoms with van der Waals surface area (Å²) >= 11 is 2.25. The van der Waals surface area contributed by atoms with E-state index < -0.39 is 7.22 Å². The molecule has 0 bridgehead atoms. The van der Waals surface area contributed by atoms with Crippen LogP contribution in [0.15, 0.2) is 35.3 Å². The molecule has 1 aromatic carbocycles. The molecule has 18 heavy (non-hydrogen) atoms. The second-order valence-corrected chi connectivity index (χ2v) is 15.5. The second-order valence-electron chi connectivity index (χ2n) is 5.96. The van der Waals surface area contributed by atoms with Crippen molar-refractivity contribution in [2.24, 2.45) is 4.99 Å². The topological polar surface area (TPSA) is 12.4 Å². The van der Waals surface area contributed by atoms with Crippen LogP contribution < -0.4 is 0 Å². The molecule has 1 aromatic rings. The number of benzene rings is 1. The summed E-state index contributed by atoms with van der Waals surface area (Å²) in [7, 11) is -1.00. The molecule has 0 radical (unpaired) electrons. The molecular formula is C15H23NSSi. The van der Waals surface area contributed by atoms with Gasteiger partial charge in [-0.3, -0.25) is 4.99 Å². The fourth-order valence-corrected chi connectivity index (χ4v) is 7.55. The van der Waals surface area contributed by atoms with E-state index in [4.69, 9.17) is 4.99 Å². The molecule has 0 heterocycles. The number of nitrogens with zero attached hydrogens (tertiary/aromatic N) is 1. The van der Waals surface area contributed by atoms with E-state index in [0.29, 0.717) is 0 Å². The highest BCUT2D eigenvalue weighted by Gasteiger charge is 2.25. The van der Waals surface area contributed by atoms with Gasteiger partial charge in [-0.15, -0.1) is 0 Å². The SMILES string of the molecule is C[Si](C)(C)SC1CCCC(=Nc2ccccc2)C1. The number of para-hydroxylation sites is 1. The summed E-state index contributed by atoms with van der Waals surface area (Å²) in [5.41, 5.74) is 2.52. The lowest BCUT2D eigenvalue weighted by Gasteiger charge is -2.28. The van der Waals surface area contributed by atoms with Gasteiger partial charge in [0.05, 0.1) is 5.69 Å². The Morgan fingerprint density at radius 1 is 1.17 bits per heavy atom. The lowest BCUT2D eigenvalue weighted by molar-refractivity contribution is 0.683. The predicted molar refractivity (Wildman–Crippen MR) is 86.7 cm³/mol. The maximum atomic E-state index is 4.82. The lowest BCUT2D eigenvalue weighted by Crippen LogP contribution is -2.25. The summed E-state index contributed by atoms with van der Waals surface area (Å²) in [6, 6.07) is 10.4. The van der Waals surface area contributed by atoms with Crippen LogP contribution in [0.25, 0.3) is 0 Å². The van der Waals surface area contributed by atoms with E-state index in [2.05, 4.69) is 61.2 Å². The average molecular weight is 278 g/mol. The minimum Gasteiger partial charge on any atom is -0.258 e. The Balaban J connectivity index is 2.01. The molecule has 1 atom stereocenters. The number of aliphatic imine (C=N–C) groups is 1. The zero-order valence-corrected chi connectivity index (χ0v) is 13.5. The molecule has 1 saturated carbocycles. The van der Waals surface area contributed by atoms with E-state index in [-0.39, 0.29) is 0 Å². The van der Waals surface area contributed by atoms with Crippen LogP contribution >= 0.6 is 11.2 Å². The first-order chi connectivity index (χ1) is 8.53. The van der Waals surface area contributed by atoms with Crippen molar-refractivity contribution in [1.29, 1.82) is 0 Å². The first-order valence-electron chi connectivity index (χ1n) is 6.82. The number of hydrogen-bond acceptors (Lipinski definition) is 2. The normalized spacial score (nSPS) is 23.3. The molecule has 1 nitrogen and oxygen atoms in total. The highest BCUT2D eigenvalue weighted by molar-refractivity contribution is 8.29. The molecule has 3 heteroatoms. The van der Waals surface area contributed by atoms with Crippen LogP contribution in [-0.2, 0) is 0 Å². The molecule has 2 rings (SSSR count). The molecule has 1 aliphatic rings. The molecule has 0 spiro atoms. The van der Waals surface area contributed by atoms with E-state index in [1.165, 1.54) is 31.4 Å². The van der Waals surface area contributed by atoms with Crippen molar-refractivity contribution in [1.82, 2.24) is 0 Å². The fourth-order valence-electron chi connectivity index (χ4n) is 2.39. The Morgan fingerprint density at radius 3 is 2.56 bits per heavy atom. The third-order valence-electron chi connectivity index (χ3n) is 3.02. The lowest BCUT2D eigenvalue weighted by atomic mass is 9.98. The van der Waals surface area contributed by atoms with Gasteiger partial charge in [0.15, 0.2) is 0 Å². The predicted octanol–water partition coefficient (Wildman–Crippen LogP) is 5.27. The van der Waals surface area contributed by atoms with Gasteiger partial charge in [0.25, 0.3) is 0 Å². The van der Waals surface area contributed by atoms with E-state index in [1.54, 1.807) is 0 Å². The molecule has 98 valence electrons. The highest BCUT2D eigenvalue weighted by Crippen LogP contribution is 2.34. The van der Waals surface area contributed by atoms with Crippen molar-refractivity contribution in [2.75, 3.05) is 0 Å². The van der Waals surface area contributed by atoms with Crippen LogP contribution in [0.4, 0.5) is 5.69 Å². The minimum atomic E-state index is -1.00. The van der Waals surface area contributed by atoms with Gasteiger partial charge in [0, 0.05) is 11.0 Å². The van der Waals surface area contributed by atoms with Gasteiger partial charge in [-0.25, -0.2) is 0 Å². The van der Waals surface area contributed by atoms with Gasteiger partial charge in [0.2, 0.25) is 0 Å². The molecule has 0 saturated heterocycles. The quantitative estimate of drug-likeness (QED) is 0.686. The zero-order valence-electron chi connectivity index (χ0n) is 11.6. The van der Waals surface area contributed by atoms with Gasteiger partial charge in [-0.05, 0) is 37.8 Å². The Morgan fingerprint density at radius 2 is 1.89 bits per heavy atom. The summed E-state index contributed by atoms with van der Waals surface area (Å²) in [5.74, 6) is 0. The molecule has 0 aromatic heterocycles. The number of rotatable bonds is 3. The molecule has 1 aliphatic carbocycles. The molecule has 0 aliphatic heterocycles. The summed E-state index contributed by atoms with van der Waals surface area (Å²) in [6.45, 7) is 7.33. The van der Waals surface area contributed by atoms with Crippen molar-refractivity contribution in [2.45, 2.75) is 50.6 Å². The largest absolute Gasteiger partial charge is 0.258 e. The average Bonchev–Trinajstić information content (AvgIpc) is 2.28. The summed E-state index contributed by atoms with van der Waals surface area (Å²) < 4.78 is 0. The van der Waals surface area contributed by atoms with Crippen LogP contribution in [0.3, 0.4) is 0 Å². The van der Waals surface area contributed by atoms with E-state index >= 15 is 0 Å². The van der Waals surface area contributed by atoms with Gasteiger partial charge < -0.3 is 0 Å². The molecule has 0 amide bonds. The molecule has 0 N–H and O–H groups in total. The van der Waals surface area contributed by atoms with Crippen LogP contribution in [0.2, 0.25) is 19.6 Å². The van der Waals surface area contributed by atoms with Crippen molar-refractivity contribution in [3.8, 4) is 0 Å². The maximum absolute atomic E-state index is 4.82. The van der Waals surface area contributed by atoms with Gasteiger partial charge in [-0.2, -0.15) is 11.2 Å². The highest BCUT2D eigenvalue weighted by atomic mass is 32.4. The maximum Gasteiger partial charge on any atom is 0.108 e. The van der Waals surface area contributed by atoms with Crippen LogP contribution in [0.5, 0.6) is 0 Å². The van der Waals surface area contributed by atoms with E-state index in [0.717, 1.165) is 10.9 Å². The van der Waals surface area contributed by atoms with Crippen molar-refractivity contribution in [3.05, 3.63) is 30.3 Å². The number of hydrogen-bond donors (Lipinski definition) is 0. The monoisotopic (exact) mass is 277 g/mol. The molecule has 1 fully saturated rings. The molecular weight excluding hydrogens is 254 g/mol. The van der Waals surface area contributed by atoms with Crippen molar-refractivity contribution in [3.63, 3.8) is 0 Å². The van der Waals surface area contributed by atoms with Gasteiger partial charge >= 0.3 is 0 Å². The van der Waals surface area contributed by atoms with Gasteiger partial charge in [0.1, 0.15) is 7.22 Å². The Kier molecular flexibility index (Phi) is 4.68. The second kappa shape index (κ2) is 6.07. The summed E-state index contributed by atoms with van der Waals surface area (Å²) in [6.07, 6.45) is 5.08. The first-order valence-corrected chi connectivity index (χ1v) is 11.9. The molecule has 1 unspecified atom stereocenters. The summed E-state index contributed by atoms with van der Waals surface area (Å²) in [4.78, 5) is 4.82. The van der Waals surface area contributed by atoms with E-state index in [9.17, 15) is 0 Å². The Bertz CT molecular complexity index is 408. The van der Waals surface area contributed by atoms with Crippen LogP contribution in [0, 0.1) is 0 Å². The third kappa shape index (κ3) is 4.62. The summed E-state index contributed by atoms with van der Waals surface area (Å²) in [5, 5.41) is 0.813. The Hall–Kier alpha value is -0.543. The van der Waals surface area contributed by atoms with Crippen molar-refractivity contribution >= 4 is 29.8 Å². The third-order valence-corrected chi connectivity index (χ3v) is 7.58. The Labute approximate surface area is 116 Å². The first kappa shape index (κ1) is 13.9. The standard InChI is InChI=1S/C15H23NSSi/c1-18(2,3)17-15-11-7-10-14(12-15)16-13-8-5-4-6-9-13/h4-6,8-9,15H,7,10-12H2,1-3H3. The smallest absolute Gasteiger partial charge is 0.108 e. The van der Waals surface area contributed by atoms with Gasteiger partial charge in [-0.1, -0.05) is 37.8 Å². The zero-order chi connectivity index (χ0) is 13.0. The van der Waals surface area contributed by atoms with Crippen molar-refractivity contribution < 1.29 is 0 Å². The minimum absolute atomic E-state index is 0.813. The van der Waals surface area contributed by atoms with Crippen LogP contribution in [-0.4, -0.2) is 18.2 Å². The fraction of sp³-hybridized carbons (Fsp3) is 0.533. The van der Waals surface area contributed by atoms with E-state index in [1.807, 2.05) is 0 Å².